The van der Waals surface area contributed by atoms with Crippen molar-refractivity contribution in [2.75, 3.05) is 10.6 Å². The molecule has 11 heteroatoms. The molecule has 3 aromatic rings. The summed E-state index contributed by atoms with van der Waals surface area (Å²) in [4.78, 5) is 13.4. The van der Waals surface area contributed by atoms with Crippen LogP contribution in [0, 0.1) is 0 Å². The van der Waals surface area contributed by atoms with Gasteiger partial charge in [0.15, 0.2) is 17.0 Å². The molecule has 0 aliphatic heterocycles. The molecule has 0 spiro atoms. The summed E-state index contributed by atoms with van der Waals surface area (Å²) in [5, 5.41) is 15.6. The Morgan fingerprint density at radius 2 is 1.94 bits per heavy atom. The van der Waals surface area contributed by atoms with E-state index in [2.05, 4.69) is 25.6 Å². The Morgan fingerprint density at radius 3 is 2.61 bits per heavy atom. The van der Waals surface area contributed by atoms with Crippen molar-refractivity contribution in [2.45, 2.75) is 57.5 Å². The highest BCUT2D eigenvalue weighted by molar-refractivity contribution is 6.31. The van der Waals surface area contributed by atoms with Crippen molar-refractivity contribution in [3.05, 3.63) is 35.1 Å². The highest BCUT2D eigenvalue weighted by Gasteiger charge is 2.33. The van der Waals surface area contributed by atoms with E-state index in [1.54, 1.807) is 6.33 Å². The number of benzene rings is 1. The maximum atomic E-state index is 13.2. The standard InChI is InChI=1S/C20H22ClF3N6O/c1-2-30-10-25-16-17(26-12-5-8-15(21)14(9-12)20(22,23)24)28-19(29-18(16)30)27-11-3-6-13(31)7-4-11/h5,8-11,13,31H,2-4,6-7H2,1H3,(H2,26,27,28,29). The van der Waals surface area contributed by atoms with Crippen LogP contribution in [-0.2, 0) is 12.7 Å². The van der Waals surface area contributed by atoms with E-state index in [0.29, 0.717) is 42.3 Å². The highest BCUT2D eigenvalue weighted by atomic mass is 35.5. The molecular weight excluding hydrogens is 433 g/mol. The summed E-state index contributed by atoms with van der Waals surface area (Å²) in [6, 6.07) is 3.71. The van der Waals surface area contributed by atoms with Crippen LogP contribution < -0.4 is 10.6 Å². The van der Waals surface area contributed by atoms with E-state index in [-0.39, 0.29) is 22.9 Å². The van der Waals surface area contributed by atoms with E-state index in [1.807, 2.05) is 11.5 Å². The number of imidazole rings is 1. The Balaban J connectivity index is 1.69. The number of anilines is 3. The molecule has 1 fully saturated rings. The second-order valence-corrected chi connectivity index (χ2v) is 7.97. The van der Waals surface area contributed by atoms with Crippen LogP contribution in [0.15, 0.2) is 24.5 Å². The molecule has 166 valence electrons. The lowest BCUT2D eigenvalue weighted by Crippen LogP contribution is -2.29. The monoisotopic (exact) mass is 454 g/mol. The fourth-order valence-corrected chi connectivity index (χ4v) is 3.91. The lowest BCUT2D eigenvalue weighted by Gasteiger charge is -2.26. The van der Waals surface area contributed by atoms with Crippen molar-refractivity contribution in [3.8, 4) is 0 Å². The molecule has 1 aliphatic rings. The van der Waals surface area contributed by atoms with Gasteiger partial charge in [0, 0.05) is 18.3 Å². The fraction of sp³-hybridized carbons (Fsp3) is 0.450. The third-order valence-electron chi connectivity index (χ3n) is 5.37. The summed E-state index contributed by atoms with van der Waals surface area (Å²) < 4.78 is 41.6. The Kier molecular flexibility index (Phi) is 5.94. The minimum absolute atomic E-state index is 0.110. The van der Waals surface area contributed by atoms with Crippen molar-refractivity contribution in [1.82, 2.24) is 19.5 Å². The predicted octanol–water partition coefficient (Wildman–Crippen LogP) is 4.98. The van der Waals surface area contributed by atoms with Gasteiger partial charge in [0.05, 0.1) is 23.0 Å². The molecule has 0 saturated heterocycles. The average molecular weight is 455 g/mol. The Morgan fingerprint density at radius 1 is 1.19 bits per heavy atom. The zero-order valence-corrected chi connectivity index (χ0v) is 17.5. The van der Waals surface area contributed by atoms with E-state index < -0.39 is 11.7 Å². The first-order valence-corrected chi connectivity index (χ1v) is 10.4. The molecule has 1 aromatic carbocycles. The molecule has 1 aliphatic carbocycles. The van der Waals surface area contributed by atoms with Crippen LogP contribution in [0.1, 0.15) is 38.2 Å². The Labute approximate surface area is 181 Å². The van der Waals surface area contributed by atoms with Crippen LogP contribution in [0.2, 0.25) is 5.02 Å². The topological polar surface area (TPSA) is 87.9 Å². The molecule has 2 aromatic heterocycles. The number of aliphatic hydroxyl groups is 1. The van der Waals surface area contributed by atoms with Crippen molar-refractivity contribution in [2.24, 2.45) is 0 Å². The van der Waals surface area contributed by atoms with Crippen LogP contribution in [0.3, 0.4) is 0 Å². The normalized spacial score (nSPS) is 19.5. The van der Waals surface area contributed by atoms with Crippen LogP contribution in [0.5, 0.6) is 0 Å². The first kappa shape index (κ1) is 21.6. The number of alkyl halides is 3. The van der Waals surface area contributed by atoms with Crippen LogP contribution in [0.25, 0.3) is 11.2 Å². The fourth-order valence-electron chi connectivity index (χ4n) is 3.69. The summed E-state index contributed by atoms with van der Waals surface area (Å²) in [5.41, 5.74) is 0.288. The number of aliphatic hydroxyl groups excluding tert-OH is 1. The van der Waals surface area contributed by atoms with Gasteiger partial charge in [-0.25, -0.2) is 4.98 Å². The summed E-state index contributed by atoms with van der Waals surface area (Å²) >= 11 is 5.73. The van der Waals surface area contributed by atoms with Gasteiger partial charge in [0.2, 0.25) is 5.95 Å². The molecule has 31 heavy (non-hydrogen) atoms. The first-order chi connectivity index (χ1) is 14.7. The molecule has 4 rings (SSSR count). The molecule has 2 heterocycles. The predicted molar refractivity (Wildman–Crippen MR) is 113 cm³/mol. The van der Waals surface area contributed by atoms with Crippen LogP contribution in [-0.4, -0.2) is 36.8 Å². The summed E-state index contributed by atoms with van der Waals surface area (Å²) in [6.45, 7) is 2.57. The average Bonchev–Trinajstić information content (AvgIpc) is 3.13. The minimum Gasteiger partial charge on any atom is -0.393 e. The second kappa shape index (κ2) is 8.51. The molecule has 3 N–H and O–H groups in total. The van der Waals surface area contributed by atoms with Crippen LogP contribution >= 0.6 is 11.6 Å². The molecule has 0 bridgehead atoms. The van der Waals surface area contributed by atoms with Gasteiger partial charge in [-0.05, 0) is 50.8 Å². The first-order valence-electron chi connectivity index (χ1n) is 10.1. The number of hydrogen-bond acceptors (Lipinski definition) is 6. The maximum absolute atomic E-state index is 13.2. The van der Waals surface area contributed by atoms with Crippen molar-refractivity contribution >= 4 is 40.2 Å². The quantitative estimate of drug-likeness (QED) is 0.504. The molecule has 0 radical (unpaired) electrons. The summed E-state index contributed by atoms with van der Waals surface area (Å²) in [7, 11) is 0. The zero-order valence-electron chi connectivity index (χ0n) is 16.7. The number of nitrogens with zero attached hydrogens (tertiary/aromatic N) is 4. The molecular formula is C20H22ClF3N6O. The maximum Gasteiger partial charge on any atom is 0.417 e. The highest BCUT2D eigenvalue weighted by Crippen LogP contribution is 2.37. The van der Waals surface area contributed by atoms with Gasteiger partial charge in [0.1, 0.15) is 0 Å². The van der Waals surface area contributed by atoms with E-state index in [0.717, 1.165) is 18.9 Å². The lowest BCUT2D eigenvalue weighted by molar-refractivity contribution is -0.137. The Hall–Kier alpha value is -2.59. The zero-order chi connectivity index (χ0) is 22.2. The number of rotatable bonds is 5. The van der Waals surface area contributed by atoms with Gasteiger partial charge >= 0.3 is 6.18 Å². The molecule has 0 amide bonds. The summed E-state index contributed by atoms with van der Waals surface area (Å²) in [5.74, 6) is 0.655. The van der Waals surface area contributed by atoms with E-state index >= 15 is 0 Å². The minimum atomic E-state index is -4.57. The van der Waals surface area contributed by atoms with Crippen LogP contribution in [0.4, 0.5) is 30.6 Å². The Bertz CT molecular complexity index is 1080. The lowest BCUT2D eigenvalue weighted by atomic mass is 9.93. The van der Waals surface area contributed by atoms with Gasteiger partial charge in [-0.3, -0.25) is 0 Å². The van der Waals surface area contributed by atoms with E-state index in [9.17, 15) is 18.3 Å². The SMILES string of the molecule is CCn1cnc2c(Nc3ccc(Cl)c(C(F)(F)F)c3)nc(NC3CCC(O)CC3)nc21. The molecule has 0 atom stereocenters. The van der Waals surface area contributed by atoms with Gasteiger partial charge in [-0.15, -0.1) is 0 Å². The third-order valence-corrected chi connectivity index (χ3v) is 5.70. The molecule has 7 nitrogen and oxygen atoms in total. The smallest absolute Gasteiger partial charge is 0.393 e. The molecule has 1 saturated carbocycles. The van der Waals surface area contributed by atoms with E-state index in [4.69, 9.17) is 11.6 Å². The second-order valence-electron chi connectivity index (χ2n) is 7.57. The van der Waals surface area contributed by atoms with Crippen molar-refractivity contribution in [3.63, 3.8) is 0 Å². The number of aryl methyl sites for hydroxylation is 1. The number of hydrogen-bond donors (Lipinski definition) is 3. The molecule has 0 unspecified atom stereocenters. The summed E-state index contributed by atoms with van der Waals surface area (Å²) in [6.07, 6.45) is -0.277. The van der Waals surface area contributed by atoms with Crippen molar-refractivity contribution < 1.29 is 18.3 Å². The number of nitrogens with one attached hydrogen (secondary N) is 2. The van der Waals surface area contributed by atoms with Gasteiger partial charge < -0.3 is 20.3 Å². The van der Waals surface area contributed by atoms with Crippen molar-refractivity contribution in [1.29, 1.82) is 0 Å². The number of fused-ring (bicyclic) bond motifs is 1. The number of aromatic nitrogens is 4. The van der Waals surface area contributed by atoms with E-state index in [1.165, 1.54) is 12.1 Å². The van der Waals surface area contributed by atoms with Gasteiger partial charge in [0.25, 0.3) is 0 Å². The van der Waals surface area contributed by atoms with Gasteiger partial charge in [-0.1, -0.05) is 11.6 Å². The van der Waals surface area contributed by atoms with Gasteiger partial charge in [-0.2, -0.15) is 23.1 Å². The largest absolute Gasteiger partial charge is 0.417 e. The third kappa shape index (κ3) is 4.69. The number of halogens is 4.